The van der Waals surface area contributed by atoms with Crippen molar-refractivity contribution < 1.29 is 9.59 Å². The molecule has 2 heterocycles. The standard InChI is InChI=1S/C24H27ClN6O2/c1-14-11-15(2)20(12-19(14)22(26)32)27-24(33)30-10-4-5-21(30)23-29-28-16(3)31(23)13-17-6-8-18(25)9-7-17/h6-9,11-12,21H,4-5,10,13H2,1-3H3,(H2,26,32)(H,27,33)/t21-/m1/s1. The third-order valence-corrected chi connectivity index (χ3v) is 6.36. The molecule has 3 aromatic rings. The van der Waals surface area contributed by atoms with Crippen LogP contribution in [0, 0.1) is 20.8 Å². The van der Waals surface area contributed by atoms with Gasteiger partial charge in [-0.1, -0.05) is 29.8 Å². The molecule has 1 aromatic heterocycles. The van der Waals surface area contributed by atoms with Crippen LogP contribution in [0.1, 0.15) is 57.6 Å². The lowest BCUT2D eigenvalue weighted by molar-refractivity contribution is 0.0999. The first-order valence-corrected chi connectivity index (χ1v) is 11.2. The Morgan fingerprint density at radius 3 is 2.55 bits per heavy atom. The van der Waals surface area contributed by atoms with Crippen LogP contribution in [0.5, 0.6) is 0 Å². The Labute approximate surface area is 197 Å². The highest BCUT2D eigenvalue weighted by Gasteiger charge is 2.34. The quantitative estimate of drug-likeness (QED) is 0.582. The molecule has 1 aliphatic heterocycles. The first kappa shape index (κ1) is 22.8. The second-order valence-corrected chi connectivity index (χ2v) is 8.88. The molecule has 33 heavy (non-hydrogen) atoms. The largest absolute Gasteiger partial charge is 0.366 e. The molecule has 8 nitrogen and oxygen atoms in total. The lowest BCUT2D eigenvalue weighted by atomic mass is 10.0. The number of halogens is 1. The molecule has 3 N–H and O–H groups in total. The molecule has 1 atom stereocenters. The van der Waals surface area contributed by atoms with Gasteiger partial charge in [-0.25, -0.2) is 4.79 Å². The molecule has 1 saturated heterocycles. The SMILES string of the molecule is Cc1cc(C)c(C(N)=O)cc1NC(=O)N1CCC[C@@H]1c1nnc(C)n1Cc1ccc(Cl)cc1. The van der Waals surface area contributed by atoms with Crippen molar-refractivity contribution in [1.29, 1.82) is 0 Å². The van der Waals surface area contributed by atoms with Gasteiger partial charge in [0.15, 0.2) is 5.82 Å². The van der Waals surface area contributed by atoms with Crippen molar-refractivity contribution in [2.45, 2.75) is 46.2 Å². The topological polar surface area (TPSA) is 106 Å². The third kappa shape index (κ3) is 4.71. The Hall–Kier alpha value is -3.39. The van der Waals surface area contributed by atoms with Crippen molar-refractivity contribution in [3.05, 3.63) is 75.3 Å². The second kappa shape index (κ2) is 9.23. The van der Waals surface area contributed by atoms with Crippen molar-refractivity contribution in [2.24, 2.45) is 5.73 Å². The molecule has 2 aromatic carbocycles. The summed E-state index contributed by atoms with van der Waals surface area (Å²) in [5.41, 5.74) is 9.18. The van der Waals surface area contributed by atoms with Crippen molar-refractivity contribution in [3.8, 4) is 0 Å². The highest BCUT2D eigenvalue weighted by Crippen LogP contribution is 2.32. The molecular formula is C24H27ClN6O2. The zero-order chi connectivity index (χ0) is 23.7. The van der Waals surface area contributed by atoms with E-state index in [1.165, 1.54) is 0 Å². The number of aryl methyl sites for hydroxylation is 3. The monoisotopic (exact) mass is 466 g/mol. The predicted octanol–water partition coefficient (Wildman–Crippen LogP) is 4.37. The molecule has 0 radical (unpaired) electrons. The molecule has 9 heteroatoms. The van der Waals surface area contributed by atoms with Crippen LogP contribution in [0.4, 0.5) is 10.5 Å². The summed E-state index contributed by atoms with van der Waals surface area (Å²) in [5, 5.41) is 12.4. The van der Waals surface area contributed by atoms with Gasteiger partial charge in [0.1, 0.15) is 5.82 Å². The lowest BCUT2D eigenvalue weighted by Gasteiger charge is -2.25. The zero-order valence-electron chi connectivity index (χ0n) is 18.9. The number of benzene rings is 2. The average molecular weight is 467 g/mol. The van der Waals surface area contributed by atoms with Gasteiger partial charge >= 0.3 is 6.03 Å². The fraction of sp³-hybridized carbons (Fsp3) is 0.333. The van der Waals surface area contributed by atoms with Crippen LogP contribution in [0.15, 0.2) is 36.4 Å². The van der Waals surface area contributed by atoms with Gasteiger partial charge in [-0.2, -0.15) is 0 Å². The van der Waals surface area contributed by atoms with Crippen LogP contribution >= 0.6 is 11.6 Å². The summed E-state index contributed by atoms with van der Waals surface area (Å²) in [5.74, 6) is 1.02. The summed E-state index contributed by atoms with van der Waals surface area (Å²) in [4.78, 5) is 26.8. The van der Waals surface area contributed by atoms with Gasteiger partial charge in [0.25, 0.3) is 0 Å². The highest BCUT2D eigenvalue weighted by molar-refractivity contribution is 6.30. The lowest BCUT2D eigenvalue weighted by Crippen LogP contribution is -2.36. The van der Waals surface area contributed by atoms with E-state index in [4.69, 9.17) is 17.3 Å². The minimum Gasteiger partial charge on any atom is -0.366 e. The number of aromatic nitrogens is 3. The summed E-state index contributed by atoms with van der Waals surface area (Å²) >= 11 is 6.02. The van der Waals surface area contributed by atoms with Crippen molar-refractivity contribution in [2.75, 3.05) is 11.9 Å². The fourth-order valence-electron chi connectivity index (χ4n) is 4.33. The van der Waals surface area contributed by atoms with Gasteiger partial charge in [0.05, 0.1) is 12.6 Å². The number of nitrogens with two attached hydrogens (primary N) is 1. The molecule has 0 spiro atoms. The number of nitrogens with zero attached hydrogens (tertiary/aromatic N) is 4. The molecule has 4 rings (SSSR count). The highest BCUT2D eigenvalue weighted by atomic mass is 35.5. The Bertz CT molecular complexity index is 1200. The fourth-order valence-corrected chi connectivity index (χ4v) is 4.46. The number of likely N-dealkylation sites (tertiary alicyclic amines) is 1. The van der Waals surface area contributed by atoms with Gasteiger partial charge in [-0.3, -0.25) is 4.79 Å². The van der Waals surface area contributed by atoms with Gasteiger partial charge in [-0.05, 0) is 68.5 Å². The Balaban J connectivity index is 1.58. The van der Waals surface area contributed by atoms with Gasteiger partial charge in [-0.15, -0.1) is 10.2 Å². The van der Waals surface area contributed by atoms with E-state index in [0.717, 1.165) is 41.2 Å². The number of amides is 3. The Morgan fingerprint density at radius 2 is 1.85 bits per heavy atom. The molecule has 0 bridgehead atoms. The van der Waals surface area contributed by atoms with Crippen molar-refractivity contribution >= 4 is 29.2 Å². The maximum absolute atomic E-state index is 13.3. The number of nitrogens with one attached hydrogen (secondary N) is 1. The summed E-state index contributed by atoms with van der Waals surface area (Å²) in [6.45, 7) is 6.83. The van der Waals surface area contributed by atoms with Gasteiger partial charge < -0.3 is 20.5 Å². The maximum Gasteiger partial charge on any atom is 0.322 e. The molecule has 0 unspecified atom stereocenters. The molecule has 0 aliphatic carbocycles. The Morgan fingerprint density at radius 1 is 1.12 bits per heavy atom. The van der Waals surface area contributed by atoms with Gasteiger partial charge in [0.2, 0.25) is 5.91 Å². The summed E-state index contributed by atoms with van der Waals surface area (Å²) in [7, 11) is 0. The first-order valence-electron chi connectivity index (χ1n) is 10.9. The molecule has 3 amide bonds. The minimum atomic E-state index is -0.521. The smallest absolute Gasteiger partial charge is 0.322 e. The van der Waals surface area contributed by atoms with E-state index in [2.05, 4.69) is 15.5 Å². The van der Waals surface area contributed by atoms with E-state index in [0.29, 0.717) is 29.4 Å². The van der Waals surface area contributed by atoms with Crippen LogP contribution in [0.2, 0.25) is 5.02 Å². The molecular weight excluding hydrogens is 440 g/mol. The average Bonchev–Trinajstić information content (AvgIpc) is 3.38. The second-order valence-electron chi connectivity index (χ2n) is 8.45. The minimum absolute atomic E-state index is 0.195. The number of hydrogen-bond donors (Lipinski definition) is 2. The number of rotatable bonds is 5. The van der Waals surface area contributed by atoms with Crippen molar-refractivity contribution in [3.63, 3.8) is 0 Å². The Kier molecular flexibility index (Phi) is 6.37. The van der Waals surface area contributed by atoms with E-state index in [-0.39, 0.29) is 12.1 Å². The number of urea groups is 1. The number of primary amides is 1. The molecule has 172 valence electrons. The van der Waals surface area contributed by atoms with Crippen LogP contribution in [-0.4, -0.2) is 38.1 Å². The summed E-state index contributed by atoms with van der Waals surface area (Å²) < 4.78 is 2.04. The first-order chi connectivity index (χ1) is 15.7. The molecule has 1 aliphatic rings. The van der Waals surface area contributed by atoms with Crippen LogP contribution in [-0.2, 0) is 6.54 Å². The number of carbonyl (C=O) groups excluding carboxylic acids is 2. The third-order valence-electron chi connectivity index (χ3n) is 6.11. The predicted molar refractivity (Wildman–Crippen MR) is 127 cm³/mol. The summed E-state index contributed by atoms with van der Waals surface area (Å²) in [6, 6.07) is 10.7. The number of hydrogen-bond acceptors (Lipinski definition) is 4. The van der Waals surface area contributed by atoms with Gasteiger partial charge in [0, 0.05) is 22.8 Å². The molecule has 1 fully saturated rings. The van der Waals surface area contributed by atoms with E-state index in [9.17, 15) is 9.59 Å². The summed E-state index contributed by atoms with van der Waals surface area (Å²) in [6.07, 6.45) is 1.66. The van der Waals surface area contributed by atoms with E-state index >= 15 is 0 Å². The zero-order valence-corrected chi connectivity index (χ0v) is 19.7. The normalized spacial score (nSPS) is 15.6. The van der Waals surface area contributed by atoms with Crippen LogP contribution in [0.3, 0.4) is 0 Å². The van der Waals surface area contributed by atoms with Crippen LogP contribution < -0.4 is 11.1 Å². The van der Waals surface area contributed by atoms with E-state index in [1.54, 1.807) is 11.0 Å². The van der Waals surface area contributed by atoms with Crippen LogP contribution in [0.25, 0.3) is 0 Å². The van der Waals surface area contributed by atoms with E-state index in [1.807, 2.05) is 55.7 Å². The van der Waals surface area contributed by atoms with Crippen molar-refractivity contribution in [1.82, 2.24) is 19.7 Å². The van der Waals surface area contributed by atoms with E-state index < -0.39 is 5.91 Å². The maximum atomic E-state index is 13.3. The molecule has 0 saturated carbocycles. The number of anilines is 1. The number of carbonyl (C=O) groups is 2.